The third-order valence-corrected chi connectivity index (χ3v) is 6.49. The molecule has 31 heavy (non-hydrogen) atoms. The van der Waals surface area contributed by atoms with Crippen LogP contribution in [0.4, 0.5) is 0 Å². The molecule has 8 nitrogen and oxygen atoms in total. The number of carbonyl (C=O) groups is 2. The van der Waals surface area contributed by atoms with Gasteiger partial charge in [0.15, 0.2) is 11.5 Å². The molecule has 1 fully saturated rings. The smallest absolute Gasteiger partial charge is 0.245 e. The van der Waals surface area contributed by atoms with Crippen LogP contribution in [-0.2, 0) is 16.0 Å². The summed E-state index contributed by atoms with van der Waals surface area (Å²) in [6.45, 7) is 0.234. The number of hydrogen-bond acceptors (Lipinski definition) is 5. The van der Waals surface area contributed by atoms with E-state index < -0.39 is 12.1 Å². The van der Waals surface area contributed by atoms with E-state index in [1.165, 1.54) is 4.90 Å². The van der Waals surface area contributed by atoms with Crippen molar-refractivity contribution < 1.29 is 23.8 Å². The van der Waals surface area contributed by atoms with Gasteiger partial charge in [-0.15, -0.1) is 0 Å². The van der Waals surface area contributed by atoms with E-state index in [0.717, 1.165) is 33.3 Å². The minimum Gasteiger partial charge on any atom is -0.497 e. The Labute approximate surface area is 178 Å². The molecule has 3 aliphatic heterocycles. The third-order valence-electron chi connectivity index (χ3n) is 6.49. The number of nitrogens with zero attached hydrogens (tertiary/aromatic N) is 2. The standard InChI is InChI=1S/C23H21N3O5/c1-25-10-21(27)26-18(23(25)28)5-12-6-19-20(31-11-30-19)8-14(12)22(26)16-9-24-17-4-3-13(29-2)7-15(16)17/h3-4,6-9,18,22,24H,5,10-11H2,1-2H3. The van der Waals surface area contributed by atoms with Crippen molar-refractivity contribution in [3.63, 3.8) is 0 Å². The second kappa shape index (κ2) is 6.41. The predicted molar refractivity (Wildman–Crippen MR) is 111 cm³/mol. The van der Waals surface area contributed by atoms with Crippen LogP contribution in [0.5, 0.6) is 17.2 Å². The largest absolute Gasteiger partial charge is 0.497 e. The van der Waals surface area contributed by atoms with Crippen LogP contribution >= 0.6 is 0 Å². The molecule has 2 aromatic carbocycles. The van der Waals surface area contributed by atoms with E-state index in [2.05, 4.69) is 4.98 Å². The number of carbonyl (C=O) groups excluding carboxylic acids is 2. The Balaban J connectivity index is 1.60. The average Bonchev–Trinajstić information content (AvgIpc) is 3.40. The number of hydrogen-bond donors (Lipinski definition) is 1. The van der Waals surface area contributed by atoms with Gasteiger partial charge in [-0.2, -0.15) is 0 Å². The molecule has 6 rings (SSSR count). The molecule has 4 heterocycles. The van der Waals surface area contributed by atoms with Crippen molar-refractivity contribution in [2.75, 3.05) is 27.5 Å². The lowest BCUT2D eigenvalue weighted by molar-refractivity contribution is -0.157. The van der Waals surface area contributed by atoms with Gasteiger partial charge in [-0.1, -0.05) is 0 Å². The molecule has 2 amide bonds. The van der Waals surface area contributed by atoms with Crippen LogP contribution in [0.25, 0.3) is 10.9 Å². The maximum atomic E-state index is 13.2. The minimum absolute atomic E-state index is 0.0506. The number of methoxy groups -OCH3 is 1. The summed E-state index contributed by atoms with van der Waals surface area (Å²) in [6.07, 6.45) is 2.37. The Morgan fingerprint density at radius 3 is 2.71 bits per heavy atom. The fourth-order valence-electron chi connectivity index (χ4n) is 5.00. The van der Waals surface area contributed by atoms with Gasteiger partial charge in [0, 0.05) is 36.1 Å². The molecule has 3 aliphatic rings. The first-order valence-corrected chi connectivity index (χ1v) is 10.2. The predicted octanol–water partition coefficient (Wildman–Crippen LogP) is 2.22. The van der Waals surface area contributed by atoms with Gasteiger partial charge >= 0.3 is 0 Å². The SMILES string of the molecule is COc1ccc2[nH]cc(C3c4cc5c(cc4CC4C(=O)N(C)CC(=O)N43)OCO5)c2c1. The number of likely N-dealkylation sites (N-methyl/N-ethyl adjacent to an activating group) is 1. The van der Waals surface area contributed by atoms with E-state index in [1.54, 1.807) is 19.1 Å². The van der Waals surface area contributed by atoms with Gasteiger partial charge in [0.25, 0.3) is 0 Å². The maximum Gasteiger partial charge on any atom is 0.245 e. The second-order valence-electron chi connectivity index (χ2n) is 8.18. The van der Waals surface area contributed by atoms with Crippen LogP contribution in [0.3, 0.4) is 0 Å². The summed E-state index contributed by atoms with van der Waals surface area (Å²) in [5, 5.41) is 0.952. The molecule has 1 aromatic heterocycles. The summed E-state index contributed by atoms with van der Waals surface area (Å²) in [5.41, 5.74) is 3.80. The molecule has 1 N–H and O–H groups in total. The lowest BCUT2D eigenvalue weighted by Gasteiger charge is -2.47. The highest BCUT2D eigenvalue weighted by Gasteiger charge is 2.47. The van der Waals surface area contributed by atoms with Crippen molar-refractivity contribution in [1.29, 1.82) is 0 Å². The Hall–Kier alpha value is -3.68. The summed E-state index contributed by atoms with van der Waals surface area (Å²) in [7, 11) is 3.31. The number of H-pyrrole nitrogens is 1. The first kappa shape index (κ1) is 18.1. The van der Waals surface area contributed by atoms with Crippen LogP contribution in [0.2, 0.25) is 0 Å². The lowest BCUT2D eigenvalue weighted by Crippen LogP contribution is -2.62. The number of piperazine rings is 1. The molecule has 0 radical (unpaired) electrons. The maximum absolute atomic E-state index is 13.2. The lowest BCUT2D eigenvalue weighted by atomic mass is 9.82. The number of benzene rings is 2. The first-order valence-electron chi connectivity index (χ1n) is 10.2. The number of ether oxygens (including phenoxy) is 3. The number of nitrogens with one attached hydrogen (secondary N) is 1. The molecular weight excluding hydrogens is 398 g/mol. The van der Waals surface area contributed by atoms with Gasteiger partial charge in [0.2, 0.25) is 18.6 Å². The van der Waals surface area contributed by atoms with Gasteiger partial charge in [0.05, 0.1) is 19.7 Å². The molecule has 2 atom stereocenters. The zero-order chi connectivity index (χ0) is 21.3. The average molecular weight is 419 g/mol. The number of aromatic amines is 1. The molecule has 3 aromatic rings. The van der Waals surface area contributed by atoms with Gasteiger partial charge in [-0.3, -0.25) is 9.59 Å². The highest BCUT2D eigenvalue weighted by molar-refractivity contribution is 5.97. The van der Waals surface area contributed by atoms with Crippen LogP contribution in [0.1, 0.15) is 22.7 Å². The molecule has 0 bridgehead atoms. The third kappa shape index (κ3) is 2.54. The number of aromatic nitrogens is 1. The Bertz CT molecular complexity index is 1250. The Morgan fingerprint density at radius 1 is 1.10 bits per heavy atom. The van der Waals surface area contributed by atoms with E-state index in [4.69, 9.17) is 14.2 Å². The molecular formula is C23H21N3O5. The summed E-state index contributed by atoms with van der Waals surface area (Å²) >= 11 is 0. The van der Waals surface area contributed by atoms with Crippen molar-refractivity contribution in [2.45, 2.75) is 18.5 Å². The molecule has 158 valence electrons. The summed E-state index contributed by atoms with van der Waals surface area (Å²) in [4.78, 5) is 32.9. The Kier molecular flexibility index (Phi) is 3.74. The molecule has 1 saturated heterocycles. The zero-order valence-electron chi connectivity index (χ0n) is 17.2. The van der Waals surface area contributed by atoms with E-state index in [9.17, 15) is 9.59 Å². The minimum atomic E-state index is -0.556. The van der Waals surface area contributed by atoms with Crippen LogP contribution in [-0.4, -0.2) is 60.1 Å². The van der Waals surface area contributed by atoms with Crippen LogP contribution < -0.4 is 14.2 Å². The van der Waals surface area contributed by atoms with Crippen molar-refractivity contribution in [2.24, 2.45) is 0 Å². The van der Waals surface area contributed by atoms with Crippen molar-refractivity contribution in [1.82, 2.24) is 14.8 Å². The quantitative estimate of drug-likeness (QED) is 0.689. The first-order chi connectivity index (χ1) is 15.0. The van der Waals surface area contributed by atoms with Crippen molar-refractivity contribution >= 4 is 22.7 Å². The van der Waals surface area contributed by atoms with Gasteiger partial charge in [-0.25, -0.2) is 0 Å². The number of rotatable bonds is 2. The monoisotopic (exact) mass is 419 g/mol. The van der Waals surface area contributed by atoms with Crippen molar-refractivity contribution in [3.8, 4) is 17.2 Å². The summed E-state index contributed by atoms with van der Waals surface area (Å²) < 4.78 is 16.6. The van der Waals surface area contributed by atoms with E-state index in [1.807, 2.05) is 36.5 Å². The molecule has 0 aliphatic carbocycles. The normalized spacial score (nSPS) is 22.0. The summed E-state index contributed by atoms with van der Waals surface area (Å²) in [5.74, 6) is 1.94. The van der Waals surface area contributed by atoms with Gasteiger partial charge in [0.1, 0.15) is 11.8 Å². The van der Waals surface area contributed by atoms with E-state index in [0.29, 0.717) is 17.9 Å². The van der Waals surface area contributed by atoms with Gasteiger partial charge < -0.3 is 29.0 Å². The highest BCUT2D eigenvalue weighted by atomic mass is 16.7. The van der Waals surface area contributed by atoms with Crippen molar-refractivity contribution in [3.05, 3.63) is 53.2 Å². The molecule has 8 heteroatoms. The molecule has 2 unspecified atom stereocenters. The molecule has 0 saturated carbocycles. The topological polar surface area (TPSA) is 84.1 Å². The van der Waals surface area contributed by atoms with E-state index >= 15 is 0 Å². The highest BCUT2D eigenvalue weighted by Crippen LogP contribution is 2.46. The zero-order valence-corrected chi connectivity index (χ0v) is 17.2. The Morgan fingerprint density at radius 2 is 1.90 bits per heavy atom. The molecule has 0 spiro atoms. The fourth-order valence-corrected chi connectivity index (χ4v) is 5.00. The fraction of sp³-hybridized carbons (Fsp3) is 0.304. The van der Waals surface area contributed by atoms with E-state index in [-0.39, 0.29) is 25.2 Å². The number of fused-ring (bicyclic) bond motifs is 4. The summed E-state index contributed by atoms with van der Waals surface area (Å²) in [6, 6.07) is 8.73. The van der Waals surface area contributed by atoms with Gasteiger partial charge in [-0.05, 0) is 41.5 Å². The number of amides is 2. The van der Waals surface area contributed by atoms with Crippen LogP contribution in [0.15, 0.2) is 36.5 Å². The second-order valence-corrected chi connectivity index (χ2v) is 8.18. The van der Waals surface area contributed by atoms with Crippen LogP contribution in [0, 0.1) is 0 Å².